The van der Waals surface area contributed by atoms with Gasteiger partial charge in [-0.2, -0.15) is 0 Å². The molecule has 0 bridgehead atoms. The second-order valence-corrected chi connectivity index (χ2v) is 10.2. The molecule has 2 atom stereocenters. The maximum atomic E-state index is 14.2. The van der Waals surface area contributed by atoms with Gasteiger partial charge in [0.05, 0.1) is 11.1 Å². The van der Waals surface area contributed by atoms with Crippen LogP contribution in [-0.2, 0) is 9.59 Å². The van der Waals surface area contributed by atoms with Crippen LogP contribution in [0.25, 0.3) is 0 Å². The number of hydrogen-bond donors (Lipinski definition) is 1. The van der Waals surface area contributed by atoms with Gasteiger partial charge < -0.3 is 19.8 Å². The molecule has 1 aliphatic carbocycles. The third-order valence-corrected chi connectivity index (χ3v) is 7.91. The number of carbonyl (C=O) groups excluding carboxylic acids is 2. The molecule has 0 radical (unpaired) electrons. The van der Waals surface area contributed by atoms with E-state index in [-0.39, 0.29) is 47.2 Å². The van der Waals surface area contributed by atoms with E-state index >= 15 is 0 Å². The Morgan fingerprint density at radius 1 is 1.18 bits per heavy atom. The van der Waals surface area contributed by atoms with Gasteiger partial charge in [0.1, 0.15) is 5.82 Å². The molecule has 4 rings (SSSR count). The summed E-state index contributed by atoms with van der Waals surface area (Å²) in [6.45, 7) is 5.77. The molecule has 1 aromatic rings. The van der Waals surface area contributed by atoms with Crippen LogP contribution in [0.3, 0.4) is 0 Å². The molecule has 1 saturated carbocycles. The van der Waals surface area contributed by atoms with Crippen LogP contribution in [0.15, 0.2) is 18.2 Å². The monoisotopic (exact) mass is 479 g/mol. The van der Waals surface area contributed by atoms with Gasteiger partial charge in [0, 0.05) is 50.0 Å². The van der Waals surface area contributed by atoms with Crippen molar-refractivity contribution in [1.82, 2.24) is 14.7 Å². The number of halogens is 2. The molecule has 2 aliphatic heterocycles. The molecular weight excluding hydrogens is 449 g/mol. The minimum Gasteiger partial charge on any atom is -0.465 e. The van der Waals surface area contributed by atoms with E-state index in [0.29, 0.717) is 38.0 Å². The zero-order valence-electron chi connectivity index (χ0n) is 19.1. The molecule has 1 aromatic carbocycles. The standard InChI is InChI=1S/C24H31ClFN3O4/c1-3-29(23(32)33)20-14-28(13-17(20)16-4-5-18(25)19(26)12-16)21(30)15-6-10-27(11-7-15)22(31)24(2)8-9-24/h4-5,12,15,17,20H,3,6-11,13-14H2,1-2H3,(H,32,33)/t17-,20+/m0/s1. The van der Waals surface area contributed by atoms with Crippen molar-refractivity contribution in [1.29, 1.82) is 0 Å². The summed E-state index contributed by atoms with van der Waals surface area (Å²) in [6, 6.07) is 4.05. The number of hydrogen-bond acceptors (Lipinski definition) is 3. The van der Waals surface area contributed by atoms with Gasteiger partial charge >= 0.3 is 6.09 Å². The van der Waals surface area contributed by atoms with E-state index in [1.165, 1.54) is 17.0 Å². The fourth-order valence-corrected chi connectivity index (χ4v) is 5.35. The molecule has 3 aliphatic rings. The van der Waals surface area contributed by atoms with E-state index in [4.69, 9.17) is 11.6 Å². The van der Waals surface area contributed by atoms with Crippen molar-refractivity contribution in [2.24, 2.45) is 11.3 Å². The molecule has 3 amide bonds. The first-order chi connectivity index (χ1) is 15.6. The number of nitrogens with zero attached hydrogens (tertiary/aromatic N) is 3. The number of amides is 3. The summed E-state index contributed by atoms with van der Waals surface area (Å²) in [5.41, 5.74) is 0.426. The Morgan fingerprint density at radius 3 is 2.39 bits per heavy atom. The Morgan fingerprint density at radius 2 is 1.85 bits per heavy atom. The number of piperidine rings is 1. The van der Waals surface area contributed by atoms with Crippen molar-refractivity contribution in [2.45, 2.75) is 51.5 Å². The van der Waals surface area contributed by atoms with Crippen LogP contribution < -0.4 is 0 Å². The van der Waals surface area contributed by atoms with E-state index in [1.54, 1.807) is 17.9 Å². The van der Waals surface area contributed by atoms with Crippen LogP contribution in [-0.4, -0.2) is 76.5 Å². The minimum atomic E-state index is -1.06. The molecule has 0 unspecified atom stereocenters. The number of carbonyl (C=O) groups is 3. The number of carboxylic acid groups (broad SMARTS) is 1. The van der Waals surface area contributed by atoms with Crippen LogP contribution in [0.4, 0.5) is 9.18 Å². The summed E-state index contributed by atoms with van der Waals surface area (Å²) in [6.07, 6.45) is 2.03. The quantitative estimate of drug-likeness (QED) is 0.696. The summed E-state index contributed by atoms with van der Waals surface area (Å²) < 4.78 is 14.2. The Hall–Kier alpha value is -2.35. The van der Waals surface area contributed by atoms with Gasteiger partial charge in [0.15, 0.2) is 0 Å². The second kappa shape index (κ2) is 9.12. The van der Waals surface area contributed by atoms with Gasteiger partial charge in [0.25, 0.3) is 0 Å². The first-order valence-corrected chi connectivity index (χ1v) is 12.0. The van der Waals surface area contributed by atoms with Gasteiger partial charge in [-0.25, -0.2) is 9.18 Å². The lowest BCUT2D eigenvalue weighted by atomic mass is 9.93. The van der Waals surface area contributed by atoms with Gasteiger partial charge in [-0.05, 0) is 50.3 Å². The topological polar surface area (TPSA) is 81.2 Å². The van der Waals surface area contributed by atoms with E-state index in [2.05, 4.69) is 0 Å². The highest BCUT2D eigenvalue weighted by atomic mass is 35.5. The molecule has 33 heavy (non-hydrogen) atoms. The molecule has 180 valence electrons. The predicted octanol–water partition coefficient (Wildman–Crippen LogP) is 3.81. The minimum absolute atomic E-state index is 0.00757. The summed E-state index contributed by atoms with van der Waals surface area (Å²) >= 11 is 5.84. The number of likely N-dealkylation sites (tertiary alicyclic amines) is 2. The first kappa shape index (κ1) is 23.8. The zero-order chi connectivity index (χ0) is 23.9. The number of benzene rings is 1. The Labute approximate surface area is 198 Å². The van der Waals surface area contributed by atoms with Crippen molar-refractivity contribution >= 4 is 29.5 Å². The number of rotatable bonds is 5. The zero-order valence-corrected chi connectivity index (χ0v) is 19.9. The van der Waals surface area contributed by atoms with Crippen LogP contribution in [0.5, 0.6) is 0 Å². The van der Waals surface area contributed by atoms with Crippen molar-refractivity contribution < 1.29 is 23.9 Å². The number of likely N-dealkylation sites (N-methyl/N-ethyl adjacent to an activating group) is 1. The normalized spacial score (nSPS) is 24.6. The van der Waals surface area contributed by atoms with Gasteiger partial charge in [-0.15, -0.1) is 0 Å². The fourth-order valence-electron chi connectivity index (χ4n) is 5.24. The summed E-state index contributed by atoms with van der Waals surface area (Å²) in [5.74, 6) is -0.907. The molecule has 0 spiro atoms. The Balaban J connectivity index is 1.47. The molecule has 3 fully saturated rings. The van der Waals surface area contributed by atoms with Crippen molar-refractivity contribution in [3.8, 4) is 0 Å². The van der Waals surface area contributed by atoms with E-state index < -0.39 is 18.0 Å². The van der Waals surface area contributed by atoms with E-state index in [9.17, 15) is 23.9 Å². The van der Waals surface area contributed by atoms with Gasteiger partial charge in [0.2, 0.25) is 11.8 Å². The molecular formula is C24H31ClFN3O4. The lowest BCUT2D eigenvalue weighted by molar-refractivity contribution is -0.142. The first-order valence-electron chi connectivity index (χ1n) is 11.7. The third-order valence-electron chi connectivity index (χ3n) is 7.61. The Kier molecular flexibility index (Phi) is 6.58. The van der Waals surface area contributed by atoms with Crippen LogP contribution in [0, 0.1) is 17.2 Å². The average Bonchev–Trinajstić information content (AvgIpc) is 3.40. The highest BCUT2D eigenvalue weighted by molar-refractivity contribution is 6.30. The molecule has 9 heteroatoms. The molecule has 2 saturated heterocycles. The maximum absolute atomic E-state index is 14.2. The van der Waals surface area contributed by atoms with Crippen LogP contribution >= 0.6 is 11.6 Å². The lowest BCUT2D eigenvalue weighted by Crippen LogP contribution is -2.47. The molecule has 1 N–H and O–H groups in total. The highest BCUT2D eigenvalue weighted by Gasteiger charge is 2.48. The second-order valence-electron chi connectivity index (χ2n) is 9.79. The summed E-state index contributed by atoms with van der Waals surface area (Å²) in [4.78, 5) is 42.8. The smallest absolute Gasteiger partial charge is 0.407 e. The van der Waals surface area contributed by atoms with Crippen molar-refractivity contribution in [3.63, 3.8) is 0 Å². The molecule has 2 heterocycles. The maximum Gasteiger partial charge on any atom is 0.407 e. The summed E-state index contributed by atoms with van der Waals surface area (Å²) in [7, 11) is 0. The van der Waals surface area contributed by atoms with Gasteiger partial charge in [-0.3, -0.25) is 9.59 Å². The lowest BCUT2D eigenvalue weighted by Gasteiger charge is -2.34. The SMILES string of the molecule is CCN(C(=O)O)[C@@H]1CN(C(=O)C2CCN(C(=O)C3(C)CC3)CC2)C[C@H]1c1ccc(Cl)c(F)c1. The average molecular weight is 480 g/mol. The summed E-state index contributed by atoms with van der Waals surface area (Å²) in [5, 5.41) is 9.72. The van der Waals surface area contributed by atoms with Crippen LogP contribution in [0.2, 0.25) is 5.02 Å². The van der Waals surface area contributed by atoms with E-state index in [1.807, 2.05) is 11.8 Å². The van der Waals surface area contributed by atoms with Crippen LogP contribution in [0.1, 0.15) is 51.0 Å². The van der Waals surface area contributed by atoms with Crippen molar-refractivity contribution in [3.05, 3.63) is 34.6 Å². The third kappa shape index (κ3) is 4.67. The van der Waals surface area contributed by atoms with E-state index in [0.717, 1.165) is 12.8 Å². The largest absolute Gasteiger partial charge is 0.465 e. The van der Waals surface area contributed by atoms with Crippen molar-refractivity contribution in [2.75, 3.05) is 32.7 Å². The predicted molar refractivity (Wildman–Crippen MR) is 122 cm³/mol. The molecule has 7 nitrogen and oxygen atoms in total. The highest BCUT2D eigenvalue weighted by Crippen LogP contribution is 2.47. The molecule has 0 aromatic heterocycles. The Bertz CT molecular complexity index is 946. The van der Waals surface area contributed by atoms with Gasteiger partial charge in [-0.1, -0.05) is 24.6 Å². The fraction of sp³-hybridized carbons (Fsp3) is 0.625.